The van der Waals surface area contributed by atoms with Crippen LogP contribution in [0.25, 0.3) is 0 Å². The van der Waals surface area contributed by atoms with Crippen molar-refractivity contribution in [2.75, 3.05) is 25.6 Å². The van der Waals surface area contributed by atoms with Crippen LogP contribution in [0, 0.1) is 0 Å². The lowest BCUT2D eigenvalue weighted by Gasteiger charge is -2.21. The third-order valence-corrected chi connectivity index (χ3v) is 5.46. The summed E-state index contributed by atoms with van der Waals surface area (Å²) in [7, 11) is 1.59. The molecule has 8 nitrogen and oxygen atoms in total. The minimum absolute atomic E-state index is 0.0607. The number of nitrogens with one attached hydrogen (secondary N) is 2. The van der Waals surface area contributed by atoms with Crippen LogP contribution in [0.15, 0.2) is 36.5 Å². The van der Waals surface area contributed by atoms with Crippen LogP contribution in [0.2, 0.25) is 0 Å². The summed E-state index contributed by atoms with van der Waals surface area (Å²) >= 11 is 0. The standard InChI is InChI=1S/C22H28N4O4/c1-22(2,3)17-9-10-23-21(26-17)25-16-12-30-18-15(11-29-19(16)18)24-20(27)13-5-7-14(28-4)8-6-13/h5-10,15-16,18-19H,11-12H2,1-4H3,(H,24,27)(H,23,25,26). The molecule has 1 amide bonds. The molecule has 4 atom stereocenters. The molecule has 0 radical (unpaired) electrons. The van der Waals surface area contributed by atoms with E-state index in [9.17, 15) is 4.79 Å². The Morgan fingerprint density at radius 2 is 1.73 bits per heavy atom. The predicted molar refractivity (Wildman–Crippen MR) is 112 cm³/mol. The Hall–Kier alpha value is -2.71. The summed E-state index contributed by atoms with van der Waals surface area (Å²) in [6.45, 7) is 7.21. The van der Waals surface area contributed by atoms with Crippen molar-refractivity contribution in [1.82, 2.24) is 15.3 Å². The summed E-state index contributed by atoms with van der Waals surface area (Å²) in [6, 6.07) is 8.64. The van der Waals surface area contributed by atoms with Gasteiger partial charge in [0.05, 0.1) is 38.1 Å². The van der Waals surface area contributed by atoms with Crippen LogP contribution in [0.3, 0.4) is 0 Å². The number of nitrogens with zero attached hydrogens (tertiary/aromatic N) is 2. The van der Waals surface area contributed by atoms with Crippen LogP contribution in [0.1, 0.15) is 36.8 Å². The Morgan fingerprint density at radius 1 is 1.07 bits per heavy atom. The number of fused-ring (bicyclic) bond motifs is 1. The van der Waals surface area contributed by atoms with Gasteiger partial charge in [0, 0.05) is 17.2 Å². The van der Waals surface area contributed by atoms with Crippen LogP contribution in [-0.4, -0.2) is 60.5 Å². The number of aromatic nitrogens is 2. The van der Waals surface area contributed by atoms with E-state index >= 15 is 0 Å². The fraction of sp³-hybridized carbons (Fsp3) is 0.500. The highest BCUT2D eigenvalue weighted by molar-refractivity contribution is 5.94. The molecule has 2 aromatic rings. The largest absolute Gasteiger partial charge is 0.497 e. The average Bonchev–Trinajstić information content (AvgIpc) is 3.31. The zero-order chi connectivity index (χ0) is 21.3. The van der Waals surface area contributed by atoms with Gasteiger partial charge in [-0.15, -0.1) is 0 Å². The summed E-state index contributed by atoms with van der Waals surface area (Å²) in [4.78, 5) is 21.6. The third-order valence-electron chi connectivity index (χ3n) is 5.46. The molecular formula is C22H28N4O4. The van der Waals surface area contributed by atoms with Gasteiger partial charge in [0.15, 0.2) is 0 Å². The second-order valence-corrected chi connectivity index (χ2v) is 8.67. The topological polar surface area (TPSA) is 94.6 Å². The van der Waals surface area contributed by atoms with Gasteiger partial charge in [-0.05, 0) is 30.3 Å². The number of hydrogen-bond acceptors (Lipinski definition) is 7. The maximum Gasteiger partial charge on any atom is 0.251 e. The van der Waals surface area contributed by atoms with E-state index in [0.717, 1.165) is 5.69 Å². The molecule has 3 heterocycles. The number of carbonyl (C=O) groups is 1. The van der Waals surface area contributed by atoms with Crippen LogP contribution in [-0.2, 0) is 14.9 Å². The molecule has 4 rings (SSSR count). The summed E-state index contributed by atoms with van der Waals surface area (Å²) in [5.41, 5.74) is 1.47. The molecular weight excluding hydrogens is 384 g/mol. The maximum absolute atomic E-state index is 12.6. The average molecular weight is 412 g/mol. The molecule has 8 heteroatoms. The Morgan fingerprint density at radius 3 is 2.40 bits per heavy atom. The number of anilines is 1. The van der Waals surface area contributed by atoms with E-state index in [4.69, 9.17) is 14.2 Å². The van der Waals surface area contributed by atoms with Gasteiger partial charge >= 0.3 is 0 Å². The first-order valence-corrected chi connectivity index (χ1v) is 10.1. The molecule has 30 heavy (non-hydrogen) atoms. The van der Waals surface area contributed by atoms with Crippen molar-refractivity contribution in [2.24, 2.45) is 0 Å². The van der Waals surface area contributed by atoms with Crippen molar-refractivity contribution in [3.63, 3.8) is 0 Å². The van der Waals surface area contributed by atoms with Gasteiger partial charge in [0.1, 0.15) is 18.0 Å². The monoisotopic (exact) mass is 412 g/mol. The first kappa shape index (κ1) is 20.6. The molecule has 1 aromatic heterocycles. The lowest BCUT2D eigenvalue weighted by Crippen LogP contribution is -2.44. The molecule has 1 aromatic carbocycles. The minimum atomic E-state index is -0.213. The maximum atomic E-state index is 12.6. The van der Waals surface area contributed by atoms with Crippen LogP contribution in [0.4, 0.5) is 5.95 Å². The van der Waals surface area contributed by atoms with E-state index in [1.54, 1.807) is 37.6 Å². The van der Waals surface area contributed by atoms with Crippen molar-refractivity contribution in [3.8, 4) is 5.75 Å². The molecule has 2 N–H and O–H groups in total. The fourth-order valence-electron chi connectivity index (χ4n) is 3.75. The number of methoxy groups -OCH3 is 1. The first-order chi connectivity index (χ1) is 14.3. The van der Waals surface area contributed by atoms with Gasteiger partial charge in [-0.3, -0.25) is 4.79 Å². The number of hydrogen-bond donors (Lipinski definition) is 2. The zero-order valence-electron chi connectivity index (χ0n) is 17.7. The first-order valence-electron chi connectivity index (χ1n) is 10.1. The van der Waals surface area contributed by atoms with Gasteiger partial charge < -0.3 is 24.8 Å². The number of carbonyl (C=O) groups excluding carboxylic acids is 1. The van der Waals surface area contributed by atoms with Crippen LogP contribution < -0.4 is 15.4 Å². The molecule has 0 spiro atoms. The zero-order valence-corrected chi connectivity index (χ0v) is 17.7. The number of amides is 1. The molecule has 2 fully saturated rings. The van der Waals surface area contributed by atoms with E-state index in [1.807, 2.05) is 6.07 Å². The minimum Gasteiger partial charge on any atom is -0.497 e. The molecule has 0 saturated carbocycles. The van der Waals surface area contributed by atoms with E-state index in [0.29, 0.717) is 30.5 Å². The van der Waals surface area contributed by atoms with E-state index < -0.39 is 0 Å². The Kier molecular flexibility index (Phi) is 5.62. The number of benzene rings is 1. The molecule has 0 bridgehead atoms. The second kappa shape index (κ2) is 8.20. The smallest absolute Gasteiger partial charge is 0.251 e. The lowest BCUT2D eigenvalue weighted by atomic mass is 9.92. The molecule has 0 aliphatic carbocycles. The second-order valence-electron chi connectivity index (χ2n) is 8.67. The highest BCUT2D eigenvalue weighted by Gasteiger charge is 2.48. The van der Waals surface area contributed by atoms with Crippen molar-refractivity contribution in [3.05, 3.63) is 47.8 Å². The lowest BCUT2D eigenvalue weighted by molar-refractivity contribution is 0.0652. The van der Waals surface area contributed by atoms with Gasteiger partial charge in [0.25, 0.3) is 5.91 Å². The van der Waals surface area contributed by atoms with Crippen LogP contribution >= 0.6 is 0 Å². The highest BCUT2D eigenvalue weighted by Crippen LogP contribution is 2.29. The quantitative estimate of drug-likeness (QED) is 0.777. The summed E-state index contributed by atoms with van der Waals surface area (Å²) in [6.07, 6.45) is 1.37. The van der Waals surface area contributed by atoms with Crippen molar-refractivity contribution < 1.29 is 19.0 Å². The third kappa shape index (κ3) is 4.24. The Bertz CT molecular complexity index is 897. The van der Waals surface area contributed by atoms with E-state index in [-0.39, 0.29) is 35.6 Å². The number of ether oxygens (including phenoxy) is 3. The van der Waals surface area contributed by atoms with Gasteiger partial charge in [0.2, 0.25) is 5.95 Å². The SMILES string of the molecule is COc1ccc(C(=O)NC2COC3C(Nc4nccc(C(C)(C)C)n4)COC23)cc1. The molecule has 2 aliphatic heterocycles. The normalized spacial score (nSPS) is 25.6. The summed E-state index contributed by atoms with van der Waals surface area (Å²) in [5.74, 6) is 1.11. The highest BCUT2D eigenvalue weighted by atomic mass is 16.6. The van der Waals surface area contributed by atoms with Crippen molar-refractivity contribution in [2.45, 2.75) is 50.5 Å². The number of rotatable bonds is 5. The van der Waals surface area contributed by atoms with Crippen LogP contribution in [0.5, 0.6) is 5.75 Å². The Labute approximate surface area is 176 Å². The summed E-state index contributed by atoms with van der Waals surface area (Å²) < 4.78 is 17.1. The van der Waals surface area contributed by atoms with Crippen molar-refractivity contribution >= 4 is 11.9 Å². The predicted octanol–water partition coefficient (Wildman–Crippen LogP) is 2.16. The van der Waals surface area contributed by atoms with Gasteiger partial charge in [-0.25, -0.2) is 9.97 Å². The summed E-state index contributed by atoms with van der Waals surface area (Å²) in [5, 5.41) is 6.37. The van der Waals surface area contributed by atoms with Crippen molar-refractivity contribution in [1.29, 1.82) is 0 Å². The van der Waals surface area contributed by atoms with E-state index in [1.165, 1.54) is 0 Å². The molecule has 160 valence electrons. The Balaban J connectivity index is 1.38. The molecule has 4 unspecified atom stereocenters. The molecule has 2 saturated heterocycles. The van der Waals surface area contributed by atoms with Gasteiger partial charge in [-0.1, -0.05) is 20.8 Å². The van der Waals surface area contributed by atoms with E-state index in [2.05, 4.69) is 41.4 Å². The fourth-order valence-corrected chi connectivity index (χ4v) is 3.75. The molecule has 2 aliphatic rings. The van der Waals surface area contributed by atoms with Gasteiger partial charge in [-0.2, -0.15) is 0 Å².